The van der Waals surface area contributed by atoms with Gasteiger partial charge in [0.15, 0.2) is 11.5 Å². The normalized spacial score (nSPS) is 18.6. The summed E-state index contributed by atoms with van der Waals surface area (Å²) in [5, 5.41) is 8.94. The molecule has 1 fully saturated rings. The maximum atomic E-state index is 12.5. The van der Waals surface area contributed by atoms with Crippen molar-refractivity contribution in [2.75, 3.05) is 52.5 Å². The van der Waals surface area contributed by atoms with E-state index in [0.717, 1.165) is 13.1 Å². The number of hydrogen-bond acceptors (Lipinski definition) is 5. The van der Waals surface area contributed by atoms with E-state index < -0.39 is 0 Å². The molecular formula is C15H20N2O4. The van der Waals surface area contributed by atoms with Gasteiger partial charge in [0.05, 0.1) is 6.61 Å². The van der Waals surface area contributed by atoms with Crippen LogP contribution in [0.25, 0.3) is 0 Å². The fourth-order valence-corrected chi connectivity index (χ4v) is 2.67. The zero-order valence-corrected chi connectivity index (χ0v) is 12.0. The second-order valence-corrected chi connectivity index (χ2v) is 5.22. The second kappa shape index (κ2) is 6.32. The molecule has 1 N–H and O–H groups in total. The molecule has 0 aromatic heterocycles. The summed E-state index contributed by atoms with van der Waals surface area (Å²) in [5.74, 6) is 1.37. The van der Waals surface area contributed by atoms with Crippen molar-refractivity contribution in [3.05, 3.63) is 23.8 Å². The largest absolute Gasteiger partial charge is 0.486 e. The van der Waals surface area contributed by atoms with Gasteiger partial charge in [-0.25, -0.2) is 0 Å². The van der Waals surface area contributed by atoms with Gasteiger partial charge in [-0.3, -0.25) is 9.69 Å². The number of piperazine rings is 1. The smallest absolute Gasteiger partial charge is 0.254 e. The summed E-state index contributed by atoms with van der Waals surface area (Å²) < 4.78 is 11.0. The number of nitrogens with zero attached hydrogens (tertiary/aromatic N) is 2. The lowest BCUT2D eigenvalue weighted by molar-refractivity contribution is 0.0614. The highest BCUT2D eigenvalue weighted by molar-refractivity contribution is 5.95. The highest BCUT2D eigenvalue weighted by Crippen LogP contribution is 2.31. The van der Waals surface area contributed by atoms with Crippen LogP contribution >= 0.6 is 0 Å². The van der Waals surface area contributed by atoms with E-state index in [2.05, 4.69) is 4.90 Å². The summed E-state index contributed by atoms with van der Waals surface area (Å²) in [6, 6.07) is 5.34. The van der Waals surface area contributed by atoms with Gasteiger partial charge < -0.3 is 19.5 Å². The Balaban J connectivity index is 1.66. The van der Waals surface area contributed by atoms with Gasteiger partial charge in [-0.15, -0.1) is 0 Å². The van der Waals surface area contributed by atoms with Gasteiger partial charge in [0.1, 0.15) is 13.2 Å². The minimum absolute atomic E-state index is 0.0237. The Morgan fingerprint density at radius 2 is 1.81 bits per heavy atom. The number of hydrogen-bond donors (Lipinski definition) is 1. The molecule has 2 aliphatic rings. The number of carbonyl (C=O) groups excluding carboxylic acids is 1. The third kappa shape index (κ3) is 3.11. The molecule has 0 spiro atoms. The van der Waals surface area contributed by atoms with E-state index >= 15 is 0 Å². The van der Waals surface area contributed by atoms with Gasteiger partial charge in [-0.2, -0.15) is 0 Å². The van der Waals surface area contributed by atoms with Crippen molar-refractivity contribution in [3.63, 3.8) is 0 Å². The van der Waals surface area contributed by atoms with Crippen molar-refractivity contribution in [2.45, 2.75) is 0 Å². The Hall–Kier alpha value is -1.79. The Morgan fingerprint density at radius 1 is 1.10 bits per heavy atom. The van der Waals surface area contributed by atoms with Gasteiger partial charge in [-0.05, 0) is 18.2 Å². The van der Waals surface area contributed by atoms with Gasteiger partial charge in [0.25, 0.3) is 5.91 Å². The zero-order chi connectivity index (χ0) is 14.7. The molecule has 2 heterocycles. The first kappa shape index (κ1) is 14.2. The molecule has 3 rings (SSSR count). The molecule has 1 saturated heterocycles. The fourth-order valence-electron chi connectivity index (χ4n) is 2.67. The van der Waals surface area contributed by atoms with Crippen molar-refractivity contribution >= 4 is 5.91 Å². The van der Waals surface area contributed by atoms with Crippen molar-refractivity contribution in [2.24, 2.45) is 0 Å². The maximum absolute atomic E-state index is 12.5. The monoisotopic (exact) mass is 292 g/mol. The topological polar surface area (TPSA) is 62.2 Å². The minimum Gasteiger partial charge on any atom is -0.486 e. The van der Waals surface area contributed by atoms with Crippen LogP contribution in [0.2, 0.25) is 0 Å². The molecule has 0 saturated carbocycles. The predicted molar refractivity (Wildman–Crippen MR) is 76.9 cm³/mol. The van der Waals surface area contributed by atoms with Crippen LogP contribution < -0.4 is 9.47 Å². The van der Waals surface area contributed by atoms with Crippen LogP contribution in [0.1, 0.15) is 10.4 Å². The summed E-state index contributed by atoms with van der Waals surface area (Å²) in [4.78, 5) is 16.5. The average molecular weight is 292 g/mol. The van der Waals surface area contributed by atoms with Crippen molar-refractivity contribution < 1.29 is 19.4 Å². The highest BCUT2D eigenvalue weighted by Gasteiger charge is 2.23. The number of amides is 1. The van der Waals surface area contributed by atoms with Gasteiger partial charge in [0, 0.05) is 38.3 Å². The Labute approximate surface area is 123 Å². The zero-order valence-electron chi connectivity index (χ0n) is 12.0. The Morgan fingerprint density at radius 3 is 2.52 bits per heavy atom. The first-order chi connectivity index (χ1) is 10.3. The second-order valence-electron chi connectivity index (χ2n) is 5.22. The van der Waals surface area contributed by atoms with Crippen LogP contribution in [0, 0.1) is 0 Å². The van der Waals surface area contributed by atoms with E-state index in [-0.39, 0.29) is 12.5 Å². The van der Waals surface area contributed by atoms with Crippen LogP contribution in [-0.2, 0) is 0 Å². The molecule has 0 radical (unpaired) electrons. The van der Waals surface area contributed by atoms with Crippen LogP contribution in [0.5, 0.6) is 11.5 Å². The van der Waals surface area contributed by atoms with E-state index in [9.17, 15) is 4.79 Å². The lowest BCUT2D eigenvalue weighted by Crippen LogP contribution is -2.49. The number of benzene rings is 1. The summed E-state index contributed by atoms with van der Waals surface area (Å²) >= 11 is 0. The van der Waals surface area contributed by atoms with Gasteiger partial charge in [0.2, 0.25) is 0 Å². The number of rotatable bonds is 3. The van der Waals surface area contributed by atoms with Gasteiger partial charge >= 0.3 is 0 Å². The van der Waals surface area contributed by atoms with Crippen molar-refractivity contribution in [3.8, 4) is 11.5 Å². The van der Waals surface area contributed by atoms with E-state index in [1.54, 1.807) is 18.2 Å². The van der Waals surface area contributed by atoms with Crippen molar-refractivity contribution in [1.29, 1.82) is 0 Å². The molecule has 6 heteroatoms. The lowest BCUT2D eigenvalue weighted by atomic mass is 10.1. The summed E-state index contributed by atoms with van der Waals surface area (Å²) in [5.41, 5.74) is 0.634. The number of carbonyl (C=O) groups is 1. The average Bonchev–Trinajstić information content (AvgIpc) is 2.55. The molecule has 21 heavy (non-hydrogen) atoms. The molecule has 0 atom stereocenters. The quantitative estimate of drug-likeness (QED) is 0.863. The first-order valence-corrected chi connectivity index (χ1v) is 7.30. The Bertz CT molecular complexity index is 512. The SMILES string of the molecule is O=C(c1ccc2c(c1)OCCO2)N1CCN(CCO)CC1. The first-order valence-electron chi connectivity index (χ1n) is 7.30. The maximum Gasteiger partial charge on any atom is 0.254 e. The molecule has 0 aliphatic carbocycles. The number of β-amino-alcohol motifs (C(OH)–C–C–N with tert-alkyl or cyclic N) is 1. The van der Waals surface area contributed by atoms with E-state index in [0.29, 0.717) is 49.9 Å². The van der Waals surface area contributed by atoms with E-state index in [1.807, 2.05) is 4.90 Å². The molecular weight excluding hydrogens is 272 g/mol. The van der Waals surface area contributed by atoms with Crippen LogP contribution in [0.4, 0.5) is 0 Å². The standard InChI is InChI=1S/C15H20N2O4/c18-8-7-16-3-5-17(6-4-16)15(19)12-1-2-13-14(11-12)21-10-9-20-13/h1-2,11,18H,3-10H2. The predicted octanol–water partition coefficient (Wildman–Crippen LogP) is 0.208. The summed E-state index contributed by atoms with van der Waals surface area (Å²) in [7, 11) is 0. The third-order valence-electron chi connectivity index (χ3n) is 3.86. The summed E-state index contributed by atoms with van der Waals surface area (Å²) in [6.45, 7) is 4.88. The highest BCUT2D eigenvalue weighted by atomic mass is 16.6. The molecule has 6 nitrogen and oxygen atoms in total. The lowest BCUT2D eigenvalue weighted by Gasteiger charge is -2.34. The molecule has 0 unspecified atom stereocenters. The molecule has 1 aromatic carbocycles. The number of aliphatic hydroxyl groups is 1. The van der Waals surface area contributed by atoms with E-state index in [1.165, 1.54) is 0 Å². The summed E-state index contributed by atoms with van der Waals surface area (Å²) in [6.07, 6.45) is 0. The number of aliphatic hydroxyl groups excluding tert-OH is 1. The Kier molecular flexibility index (Phi) is 4.26. The van der Waals surface area contributed by atoms with Crippen LogP contribution in [-0.4, -0.2) is 73.4 Å². The van der Waals surface area contributed by atoms with E-state index in [4.69, 9.17) is 14.6 Å². The molecule has 1 aromatic rings. The van der Waals surface area contributed by atoms with Gasteiger partial charge in [-0.1, -0.05) is 0 Å². The third-order valence-corrected chi connectivity index (χ3v) is 3.86. The number of fused-ring (bicyclic) bond motifs is 1. The minimum atomic E-state index is 0.0237. The molecule has 0 bridgehead atoms. The van der Waals surface area contributed by atoms with Crippen LogP contribution in [0.15, 0.2) is 18.2 Å². The van der Waals surface area contributed by atoms with Crippen molar-refractivity contribution in [1.82, 2.24) is 9.80 Å². The molecule has 1 amide bonds. The fraction of sp³-hybridized carbons (Fsp3) is 0.533. The number of ether oxygens (including phenoxy) is 2. The molecule has 114 valence electrons. The van der Waals surface area contributed by atoms with Crippen LogP contribution in [0.3, 0.4) is 0 Å². The molecule has 2 aliphatic heterocycles.